The number of anilines is 2. The number of carboxylic acid groups (broad SMARTS) is 1. The number of fused-ring (bicyclic) bond motifs is 4. The van der Waals surface area contributed by atoms with Gasteiger partial charge in [-0.15, -0.1) is 0 Å². The Morgan fingerprint density at radius 2 is 0.707 bits per heavy atom. The number of rotatable bonds is 45. The molecular weight excluding hydrogens is 1190 g/mol. The lowest BCUT2D eigenvalue weighted by Crippen LogP contribution is -2.42. The van der Waals surface area contributed by atoms with Crippen molar-refractivity contribution in [2.75, 3.05) is 142 Å². The van der Waals surface area contributed by atoms with Crippen molar-refractivity contribution in [3.05, 3.63) is 130 Å². The van der Waals surface area contributed by atoms with E-state index >= 15 is 0 Å². The number of ether oxygens (including phenoxy) is 8. The summed E-state index contributed by atoms with van der Waals surface area (Å²) in [6, 6.07) is 29.8. The molecule has 2 aliphatic rings. The number of carbonyl (C=O) groups is 8. The largest absolute Gasteiger partial charge is 0.481 e. The Hall–Kier alpha value is -8.56. The van der Waals surface area contributed by atoms with Gasteiger partial charge in [-0.25, -0.2) is 0 Å². The molecule has 0 bridgehead atoms. The molecule has 2 heterocycles. The van der Waals surface area contributed by atoms with Crippen molar-refractivity contribution in [3.63, 3.8) is 0 Å². The van der Waals surface area contributed by atoms with Gasteiger partial charge in [0.1, 0.15) is 0 Å². The van der Waals surface area contributed by atoms with E-state index in [2.05, 4.69) is 50.3 Å². The number of nitrogens with zero attached hydrogens (tertiary/aromatic N) is 2. The summed E-state index contributed by atoms with van der Waals surface area (Å²) in [4.78, 5) is 104. The van der Waals surface area contributed by atoms with E-state index in [1.807, 2.05) is 97.1 Å². The summed E-state index contributed by atoms with van der Waals surface area (Å²) >= 11 is 0. The Balaban J connectivity index is 0.697. The summed E-state index contributed by atoms with van der Waals surface area (Å²) in [5.74, 6) is 9.99. The van der Waals surface area contributed by atoms with Crippen LogP contribution in [0.3, 0.4) is 0 Å². The van der Waals surface area contributed by atoms with Gasteiger partial charge in [0.05, 0.1) is 136 Å². The molecule has 7 amide bonds. The van der Waals surface area contributed by atoms with Crippen LogP contribution in [0.25, 0.3) is 0 Å². The molecule has 2 aliphatic heterocycles. The van der Waals surface area contributed by atoms with Gasteiger partial charge in [0.2, 0.25) is 41.4 Å². The fourth-order valence-electron chi connectivity index (χ4n) is 9.23. The average Bonchev–Trinajstić information content (AvgIpc) is 0.829. The molecule has 6 N–H and O–H groups in total. The lowest BCUT2D eigenvalue weighted by molar-refractivity contribution is -0.137. The molecule has 0 radical (unpaired) electrons. The van der Waals surface area contributed by atoms with Crippen LogP contribution in [0.4, 0.5) is 11.4 Å². The standard InChI is InChI=1S/C68H85N7O17/c76-61(24-26-66(81)74-48-56-14-3-1-10-52(56)20-22-54-12-5-7-16-59(54)74)69-30-36-85-40-44-89-46-42-87-38-32-71-63(78)28-34-91-50-58(73-65(80)18-9-19-68(83)84)51-92-35-29-64(79)72-33-39-88-43-47-90-45-41-86-37-31-70-62(77)25-27-67(82)75-49-57-15-4-2-11-53(57)21-23-55-13-6-8-17-60(55)75/h1-8,10-17,58H,9,18-19,24-51H2,(H,69,76)(H,70,77)(H,71,78)(H,72,79)(H,73,80)(H,83,84). The van der Waals surface area contributed by atoms with Crippen LogP contribution in [0.15, 0.2) is 97.1 Å². The van der Waals surface area contributed by atoms with Gasteiger partial charge in [-0.2, -0.15) is 0 Å². The normalized spacial score (nSPS) is 11.9. The molecule has 92 heavy (non-hydrogen) atoms. The maximum atomic E-state index is 13.4. The van der Waals surface area contributed by atoms with Gasteiger partial charge in [0.15, 0.2) is 0 Å². The van der Waals surface area contributed by atoms with Crippen LogP contribution in [-0.4, -0.2) is 190 Å². The van der Waals surface area contributed by atoms with Crippen molar-refractivity contribution >= 4 is 58.7 Å². The highest BCUT2D eigenvalue weighted by Gasteiger charge is 2.24. The molecule has 24 heteroatoms. The Bertz CT molecular complexity index is 2950. The minimum atomic E-state index is -1.01. The minimum absolute atomic E-state index is 0.00470. The molecule has 0 unspecified atom stereocenters. The van der Waals surface area contributed by atoms with E-state index in [1.165, 1.54) is 0 Å². The highest BCUT2D eigenvalue weighted by molar-refractivity contribution is 5.98. The van der Waals surface area contributed by atoms with E-state index in [4.69, 9.17) is 43.0 Å². The second-order valence-electron chi connectivity index (χ2n) is 21.0. The summed E-state index contributed by atoms with van der Waals surface area (Å²) < 4.78 is 44.6. The zero-order valence-corrected chi connectivity index (χ0v) is 52.1. The lowest BCUT2D eigenvalue weighted by Gasteiger charge is -2.26. The zero-order chi connectivity index (χ0) is 65.2. The predicted octanol–water partition coefficient (Wildman–Crippen LogP) is 3.56. The Morgan fingerprint density at radius 1 is 0.370 bits per heavy atom. The second-order valence-corrected chi connectivity index (χ2v) is 21.0. The van der Waals surface area contributed by atoms with Crippen molar-refractivity contribution < 1.29 is 81.4 Å². The first-order chi connectivity index (χ1) is 44.9. The van der Waals surface area contributed by atoms with Crippen LogP contribution in [0, 0.1) is 23.7 Å². The fraction of sp³-hybridized carbons (Fsp3) is 0.471. The van der Waals surface area contributed by atoms with Crippen LogP contribution < -0.4 is 36.4 Å². The summed E-state index contributed by atoms with van der Waals surface area (Å²) in [5.41, 5.74) is 6.56. The highest BCUT2D eigenvalue weighted by Crippen LogP contribution is 2.28. The van der Waals surface area contributed by atoms with Gasteiger partial charge in [-0.3, -0.25) is 38.4 Å². The topological polar surface area (TPSA) is 297 Å². The number of carboxylic acids is 1. The fourth-order valence-corrected chi connectivity index (χ4v) is 9.23. The monoisotopic (exact) mass is 1270 g/mol. The van der Waals surface area contributed by atoms with Crippen molar-refractivity contribution in [3.8, 4) is 23.7 Å². The summed E-state index contributed by atoms with van der Waals surface area (Å²) in [5, 5.41) is 22.8. The van der Waals surface area contributed by atoms with E-state index in [-0.39, 0.29) is 178 Å². The van der Waals surface area contributed by atoms with Gasteiger partial charge >= 0.3 is 5.97 Å². The Labute approximate surface area is 537 Å². The van der Waals surface area contributed by atoms with Crippen molar-refractivity contribution in [2.24, 2.45) is 0 Å². The van der Waals surface area contributed by atoms with Crippen LogP contribution in [0.2, 0.25) is 0 Å². The van der Waals surface area contributed by atoms with Gasteiger partial charge in [0.25, 0.3) is 0 Å². The van der Waals surface area contributed by atoms with Gasteiger partial charge in [-0.1, -0.05) is 84.3 Å². The maximum absolute atomic E-state index is 13.4. The number of benzene rings is 4. The lowest BCUT2D eigenvalue weighted by atomic mass is 10.0. The quantitative estimate of drug-likeness (QED) is 0.0272. The molecule has 0 atom stereocenters. The smallest absolute Gasteiger partial charge is 0.303 e. The summed E-state index contributed by atoms with van der Waals surface area (Å²) in [6.45, 7) is 5.44. The molecule has 6 rings (SSSR count). The number of nitrogens with one attached hydrogen (secondary N) is 5. The van der Waals surface area contributed by atoms with E-state index in [1.54, 1.807) is 9.80 Å². The molecule has 0 saturated carbocycles. The van der Waals surface area contributed by atoms with E-state index in [9.17, 15) is 38.4 Å². The third kappa shape index (κ3) is 28.7. The maximum Gasteiger partial charge on any atom is 0.303 e. The minimum Gasteiger partial charge on any atom is -0.481 e. The van der Waals surface area contributed by atoms with Gasteiger partial charge < -0.3 is 79.4 Å². The third-order valence-electron chi connectivity index (χ3n) is 14.0. The molecule has 0 aliphatic carbocycles. The molecule has 0 aromatic heterocycles. The van der Waals surface area contributed by atoms with Crippen LogP contribution in [0.5, 0.6) is 0 Å². The van der Waals surface area contributed by atoms with E-state index < -0.39 is 12.0 Å². The number of hydrogen-bond acceptors (Lipinski definition) is 16. The van der Waals surface area contributed by atoms with Crippen LogP contribution in [0.1, 0.15) is 91.2 Å². The summed E-state index contributed by atoms with van der Waals surface area (Å²) in [7, 11) is 0. The van der Waals surface area contributed by atoms with Gasteiger partial charge in [-0.05, 0) is 53.9 Å². The zero-order valence-electron chi connectivity index (χ0n) is 52.1. The molecule has 0 spiro atoms. The Kier molecular flexibility index (Phi) is 34.1. The van der Waals surface area contributed by atoms with Crippen LogP contribution in [-0.2, 0) is 89.3 Å². The summed E-state index contributed by atoms with van der Waals surface area (Å²) in [6.07, 6.45) is 0.215. The Morgan fingerprint density at radius 3 is 1.10 bits per heavy atom. The van der Waals surface area contributed by atoms with Crippen molar-refractivity contribution in [2.45, 2.75) is 76.9 Å². The number of carbonyl (C=O) groups excluding carboxylic acids is 7. The first-order valence-corrected chi connectivity index (χ1v) is 31.1. The van der Waals surface area contributed by atoms with E-state index in [0.717, 1.165) is 44.8 Å². The molecular formula is C68H85N7O17. The second kappa shape index (κ2) is 43.2. The first kappa shape index (κ1) is 72.5. The van der Waals surface area contributed by atoms with Crippen LogP contribution >= 0.6 is 0 Å². The predicted molar refractivity (Wildman–Crippen MR) is 340 cm³/mol. The van der Waals surface area contributed by atoms with E-state index in [0.29, 0.717) is 65.9 Å². The number of aliphatic carboxylic acids is 1. The van der Waals surface area contributed by atoms with Crippen molar-refractivity contribution in [1.29, 1.82) is 0 Å². The molecule has 0 saturated heterocycles. The molecule has 4 aromatic rings. The number of amides is 7. The molecule has 24 nitrogen and oxygen atoms in total. The first-order valence-electron chi connectivity index (χ1n) is 31.1. The molecule has 4 aromatic carbocycles. The number of para-hydroxylation sites is 2. The van der Waals surface area contributed by atoms with Crippen molar-refractivity contribution in [1.82, 2.24) is 26.6 Å². The SMILES string of the molecule is O=C(O)CCCC(=O)NC(COCCC(=O)NCCOCCOCCOCCNC(=O)CCC(=O)N1Cc2ccccc2C#Cc2ccccc21)COCCC(=O)NCCOCCOCCOCCNC(=O)CCC(=O)N1Cc2ccccc2C#Cc2ccccc21. The molecule has 0 fully saturated rings. The average molecular weight is 1270 g/mol. The molecule has 494 valence electrons. The third-order valence-corrected chi connectivity index (χ3v) is 14.0. The number of hydrogen-bond donors (Lipinski definition) is 6. The van der Waals surface area contributed by atoms with Gasteiger partial charge in [0, 0.05) is 99.8 Å². The highest BCUT2D eigenvalue weighted by atomic mass is 16.6.